The minimum atomic E-state index is -0.402. The van der Waals surface area contributed by atoms with Crippen molar-refractivity contribution in [2.45, 2.75) is 29.5 Å². The Labute approximate surface area is 297 Å². The lowest BCUT2D eigenvalue weighted by Gasteiger charge is -2.43. The minimum absolute atomic E-state index is 0.0130. The number of hydrogen-bond acceptors (Lipinski definition) is 8. The number of rotatable bonds is 8. The van der Waals surface area contributed by atoms with Gasteiger partial charge in [-0.05, 0) is 97.3 Å². The second-order valence-corrected chi connectivity index (χ2v) is 16.0. The van der Waals surface area contributed by atoms with Crippen LogP contribution in [0.3, 0.4) is 0 Å². The molecule has 3 amide bonds. The van der Waals surface area contributed by atoms with Crippen LogP contribution in [0, 0.1) is 29.6 Å². The summed E-state index contributed by atoms with van der Waals surface area (Å²) >= 11 is 12.2. The average Bonchev–Trinajstić information content (AvgIpc) is 3.81. The third-order valence-corrected chi connectivity index (χ3v) is 13.3. The van der Waals surface area contributed by atoms with E-state index in [0.29, 0.717) is 34.5 Å². The number of aromatic amines is 1. The second-order valence-electron chi connectivity index (χ2n) is 12.4. The molecule has 246 valence electrons. The molecule has 1 aromatic heterocycles. The molecule has 48 heavy (non-hydrogen) atoms. The molecule has 0 spiro atoms. The van der Waals surface area contributed by atoms with Crippen LogP contribution in [0.1, 0.15) is 29.7 Å². The Hall–Kier alpha value is -3.58. The molecular formula is C35H29BrClN3O6S2. The van der Waals surface area contributed by atoms with Crippen molar-refractivity contribution in [2.75, 3.05) is 23.4 Å². The summed E-state index contributed by atoms with van der Waals surface area (Å²) in [6.07, 6.45) is 0.793. The molecule has 9 nitrogen and oxygen atoms in total. The van der Waals surface area contributed by atoms with Crippen LogP contribution in [-0.4, -0.2) is 41.2 Å². The van der Waals surface area contributed by atoms with Crippen LogP contribution in [-0.2, 0) is 14.4 Å². The van der Waals surface area contributed by atoms with E-state index in [9.17, 15) is 19.2 Å². The van der Waals surface area contributed by atoms with Gasteiger partial charge in [0.1, 0.15) is 0 Å². The number of carbonyl (C=O) groups is 3. The maximum Gasteiger partial charge on any atom is 0.305 e. The quantitative estimate of drug-likeness (QED) is 0.187. The first-order valence-electron chi connectivity index (χ1n) is 15.7. The summed E-state index contributed by atoms with van der Waals surface area (Å²) in [4.78, 5) is 58.6. The molecule has 1 saturated heterocycles. The van der Waals surface area contributed by atoms with Crippen molar-refractivity contribution in [3.8, 4) is 11.5 Å². The molecule has 6 unspecified atom stereocenters. The highest BCUT2D eigenvalue weighted by Crippen LogP contribution is 2.68. The standard InChI is InChI=1S/C35H29BrClN3O6S2/c1-2-45-24-13-16(3-12-23(24)46-15-25(41)38-19-8-6-18(37)7-9-19)26-27-21-14-22(30(27)47-32-31(26)48-35(44)39-32)29-28(21)33(42)40(34(29)43)20-10-4-17(36)5-11-20/h3-13,21-22,26-30H,2,14-15H2,1H3,(H,38,41)(H,39,44)/t21?,22?,26-,27?,28?,29?,30?/m1/s1. The van der Waals surface area contributed by atoms with Gasteiger partial charge in [0, 0.05) is 31.2 Å². The van der Waals surface area contributed by atoms with Gasteiger partial charge >= 0.3 is 4.87 Å². The van der Waals surface area contributed by atoms with Crippen molar-refractivity contribution in [3.05, 3.63) is 96.3 Å². The summed E-state index contributed by atoms with van der Waals surface area (Å²) in [5, 5.41) is 4.26. The number of carbonyl (C=O) groups excluding carboxylic acids is 3. The number of aromatic nitrogens is 1. The van der Waals surface area contributed by atoms with Gasteiger partial charge in [-0.3, -0.25) is 24.1 Å². The fraction of sp³-hybridized carbons (Fsp3) is 0.314. The molecule has 2 N–H and O–H groups in total. The van der Waals surface area contributed by atoms with Gasteiger partial charge in [-0.1, -0.05) is 44.9 Å². The Morgan fingerprint density at radius 2 is 1.71 bits per heavy atom. The van der Waals surface area contributed by atoms with Crippen molar-refractivity contribution in [3.63, 3.8) is 0 Å². The third-order valence-electron chi connectivity index (χ3n) is 9.92. The van der Waals surface area contributed by atoms with Gasteiger partial charge in [0.25, 0.3) is 5.91 Å². The van der Waals surface area contributed by atoms with Crippen LogP contribution >= 0.6 is 50.6 Å². The summed E-state index contributed by atoms with van der Waals surface area (Å²) in [5.41, 5.74) is 2.14. The lowest BCUT2D eigenvalue weighted by molar-refractivity contribution is -0.123. The number of benzene rings is 3. The predicted octanol–water partition coefficient (Wildman–Crippen LogP) is 6.95. The van der Waals surface area contributed by atoms with Crippen LogP contribution < -0.4 is 24.6 Å². The number of nitrogens with one attached hydrogen (secondary N) is 2. The number of halogens is 2. The molecule has 7 atom stereocenters. The largest absolute Gasteiger partial charge is 0.490 e. The summed E-state index contributed by atoms with van der Waals surface area (Å²) < 4.78 is 12.8. The monoisotopic (exact) mass is 765 g/mol. The number of fused-ring (bicyclic) bond motifs is 9. The Morgan fingerprint density at radius 3 is 2.44 bits per heavy atom. The van der Waals surface area contributed by atoms with E-state index in [-0.39, 0.29) is 64.0 Å². The number of ether oxygens (including phenoxy) is 2. The number of thioether (sulfide) groups is 1. The zero-order chi connectivity index (χ0) is 33.3. The predicted molar refractivity (Wildman–Crippen MR) is 188 cm³/mol. The first-order valence-corrected chi connectivity index (χ1v) is 18.6. The molecule has 2 aliphatic carbocycles. The molecule has 8 rings (SSSR count). The molecule has 4 aromatic rings. The summed E-state index contributed by atoms with van der Waals surface area (Å²) in [5.74, 6) is -0.610. The number of amides is 3. The van der Waals surface area contributed by atoms with Gasteiger partial charge in [0.15, 0.2) is 18.1 Å². The molecular weight excluding hydrogens is 738 g/mol. The van der Waals surface area contributed by atoms with E-state index in [0.717, 1.165) is 26.4 Å². The number of thiazole rings is 1. The topological polar surface area (TPSA) is 118 Å². The molecule has 2 aliphatic heterocycles. The number of anilines is 2. The van der Waals surface area contributed by atoms with Crippen molar-refractivity contribution in [2.24, 2.45) is 29.6 Å². The van der Waals surface area contributed by atoms with Crippen molar-refractivity contribution >= 4 is 79.7 Å². The molecule has 2 saturated carbocycles. The summed E-state index contributed by atoms with van der Waals surface area (Å²) in [6, 6.07) is 19.8. The first kappa shape index (κ1) is 31.7. The third kappa shape index (κ3) is 5.28. The lowest BCUT2D eigenvalue weighted by Crippen LogP contribution is -2.42. The van der Waals surface area contributed by atoms with Crippen molar-refractivity contribution in [1.29, 1.82) is 0 Å². The van der Waals surface area contributed by atoms with Gasteiger partial charge in [0.2, 0.25) is 11.8 Å². The van der Waals surface area contributed by atoms with E-state index in [1.807, 2.05) is 31.2 Å². The molecule has 4 aliphatic rings. The summed E-state index contributed by atoms with van der Waals surface area (Å²) in [6.45, 7) is 2.03. The highest BCUT2D eigenvalue weighted by molar-refractivity contribution is 9.10. The van der Waals surface area contributed by atoms with Crippen LogP contribution in [0.15, 0.2) is 81.0 Å². The minimum Gasteiger partial charge on any atom is -0.490 e. The molecule has 2 bridgehead atoms. The Balaban J connectivity index is 1.10. The zero-order valence-electron chi connectivity index (χ0n) is 25.5. The van der Waals surface area contributed by atoms with Gasteiger partial charge in [0.05, 0.1) is 29.2 Å². The second kappa shape index (κ2) is 12.4. The number of hydrogen-bond donors (Lipinski definition) is 2. The summed E-state index contributed by atoms with van der Waals surface area (Å²) in [7, 11) is 0. The van der Waals surface area contributed by atoms with E-state index in [2.05, 4.69) is 26.2 Å². The van der Waals surface area contributed by atoms with E-state index < -0.39 is 5.92 Å². The SMILES string of the molecule is CCOc1cc([C@H]2c3sc(=O)[nH]c3SC3C4CC(C5C(=O)N(c6ccc(Br)cc6)C(=O)C45)C32)ccc1OCC(=O)Nc1ccc(Cl)cc1. The molecule has 3 heterocycles. The molecule has 3 aromatic carbocycles. The smallest absolute Gasteiger partial charge is 0.305 e. The van der Waals surface area contributed by atoms with E-state index in [1.165, 1.54) is 16.2 Å². The van der Waals surface area contributed by atoms with Crippen LogP contribution in [0.5, 0.6) is 11.5 Å². The normalized spacial score (nSPS) is 26.6. The van der Waals surface area contributed by atoms with Crippen LogP contribution in [0.25, 0.3) is 0 Å². The molecule has 0 radical (unpaired) electrons. The number of imide groups is 1. The van der Waals surface area contributed by atoms with Crippen LogP contribution in [0.4, 0.5) is 11.4 Å². The maximum absolute atomic E-state index is 14.0. The molecule has 3 fully saturated rings. The zero-order valence-corrected chi connectivity index (χ0v) is 29.5. The molecule has 13 heteroatoms. The van der Waals surface area contributed by atoms with Gasteiger partial charge < -0.3 is 19.8 Å². The van der Waals surface area contributed by atoms with E-state index in [1.54, 1.807) is 54.2 Å². The highest BCUT2D eigenvalue weighted by atomic mass is 79.9. The lowest BCUT2D eigenvalue weighted by atomic mass is 9.68. The van der Waals surface area contributed by atoms with E-state index in [4.69, 9.17) is 21.1 Å². The number of nitrogens with zero attached hydrogens (tertiary/aromatic N) is 1. The van der Waals surface area contributed by atoms with Crippen molar-refractivity contribution in [1.82, 2.24) is 4.98 Å². The fourth-order valence-electron chi connectivity index (χ4n) is 8.21. The first-order chi connectivity index (χ1) is 23.2. The Bertz CT molecular complexity index is 2000. The maximum atomic E-state index is 14.0. The Morgan fingerprint density at radius 1 is 0.979 bits per heavy atom. The number of H-pyrrole nitrogens is 1. The van der Waals surface area contributed by atoms with Crippen molar-refractivity contribution < 1.29 is 23.9 Å². The van der Waals surface area contributed by atoms with E-state index >= 15 is 0 Å². The van der Waals surface area contributed by atoms with Crippen LogP contribution in [0.2, 0.25) is 5.02 Å². The average molecular weight is 767 g/mol. The fourth-order valence-corrected chi connectivity index (χ4v) is 11.5. The van der Waals surface area contributed by atoms with Gasteiger partial charge in [-0.25, -0.2) is 0 Å². The van der Waals surface area contributed by atoms with Gasteiger partial charge in [-0.2, -0.15) is 0 Å². The van der Waals surface area contributed by atoms with Gasteiger partial charge in [-0.15, -0.1) is 11.8 Å². The Kier molecular flexibility index (Phi) is 8.17. The highest BCUT2D eigenvalue weighted by Gasteiger charge is 2.69.